The maximum Gasteiger partial charge on any atom is 0.0378 e. The minimum Gasteiger partial charge on any atom is -0.123 e. The van der Waals surface area contributed by atoms with E-state index in [1.165, 1.54) is 16.7 Å². The molecule has 1 heteroatoms. The zero-order valence-electron chi connectivity index (χ0n) is 10.2. The lowest BCUT2D eigenvalue weighted by atomic mass is 9.97. The topological polar surface area (TPSA) is 0 Å². The van der Waals surface area contributed by atoms with Crippen LogP contribution in [0.5, 0.6) is 0 Å². The summed E-state index contributed by atoms with van der Waals surface area (Å²) in [7, 11) is 0. The van der Waals surface area contributed by atoms with Gasteiger partial charge in [0.15, 0.2) is 0 Å². The van der Waals surface area contributed by atoms with Crippen LogP contribution >= 0.6 is 11.6 Å². The van der Waals surface area contributed by atoms with Gasteiger partial charge in [0.05, 0.1) is 0 Å². The van der Waals surface area contributed by atoms with Gasteiger partial charge >= 0.3 is 0 Å². The number of halogens is 1. The maximum atomic E-state index is 6.33. The van der Waals surface area contributed by atoms with E-state index in [9.17, 15) is 0 Å². The summed E-state index contributed by atoms with van der Waals surface area (Å²) in [6.45, 7) is 8.74. The largest absolute Gasteiger partial charge is 0.123 e. The number of benzene rings is 1. The first kappa shape index (κ1) is 12.6. The Balaban J connectivity index is 2.67. The molecule has 0 radical (unpaired) electrons. The standard InChI is InChI=1S/C14H21Cl/c1-10(2)7-14(15)9-13-8-11(3)5-6-12(13)4/h5-6,8,10,14H,7,9H2,1-4H3. The Morgan fingerprint density at radius 1 is 1.20 bits per heavy atom. The number of hydrogen-bond acceptors (Lipinski definition) is 0. The molecule has 0 saturated carbocycles. The summed E-state index contributed by atoms with van der Waals surface area (Å²) in [4.78, 5) is 0. The lowest BCUT2D eigenvalue weighted by Gasteiger charge is -2.14. The molecule has 15 heavy (non-hydrogen) atoms. The van der Waals surface area contributed by atoms with Crippen molar-refractivity contribution in [3.8, 4) is 0 Å². The zero-order chi connectivity index (χ0) is 11.4. The predicted octanol–water partition coefficient (Wildman–Crippen LogP) is 4.50. The molecule has 1 atom stereocenters. The first-order chi connectivity index (χ1) is 6.99. The molecule has 0 heterocycles. The third-order valence-electron chi connectivity index (χ3n) is 2.67. The minimum atomic E-state index is 0.269. The van der Waals surface area contributed by atoms with E-state index in [1.807, 2.05) is 0 Å². The molecule has 0 nitrogen and oxygen atoms in total. The highest BCUT2D eigenvalue weighted by molar-refractivity contribution is 6.20. The van der Waals surface area contributed by atoms with Crippen molar-refractivity contribution < 1.29 is 0 Å². The quantitative estimate of drug-likeness (QED) is 0.661. The van der Waals surface area contributed by atoms with E-state index in [-0.39, 0.29) is 5.38 Å². The molecule has 0 aromatic heterocycles. The van der Waals surface area contributed by atoms with Gasteiger partial charge in [-0.05, 0) is 43.7 Å². The average molecular weight is 225 g/mol. The monoisotopic (exact) mass is 224 g/mol. The van der Waals surface area contributed by atoms with Crippen LogP contribution in [-0.4, -0.2) is 5.38 Å². The molecule has 1 rings (SSSR count). The Labute approximate surface area is 98.7 Å². The fourth-order valence-corrected chi connectivity index (χ4v) is 2.38. The van der Waals surface area contributed by atoms with Gasteiger partial charge in [-0.1, -0.05) is 37.6 Å². The Morgan fingerprint density at radius 2 is 1.87 bits per heavy atom. The highest BCUT2D eigenvalue weighted by Gasteiger charge is 2.09. The Morgan fingerprint density at radius 3 is 2.47 bits per heavy atom. The number of rotatable bonds is 4. The van der Waals surface area contributed by atoms with E-state index >= 15 is 0 Å². The first-order valence-corrected chi connectivity index (χ1v) is 6.13. The van der Waals surface area contributed by atoms with E-state index in [0.29, 0.717) is 5.92 Å². The normalized spacial score (nSPS) is 13.2. The van der Waals surface area contributed by atoms with Crippen LogP contribution < -0.4 is 0 Å². The van der Waals surface area contributed by atoms with Crippen molar-refractivity contribution in [1.29, 1.82) is 0 Å². The third kappa shape index (κ3) is 4.25. The van der Waals surface area contributed by atoms with Crippen molar-refractivity contribution >= 4 is 11.6 Å². The van der Waals surface area contributed by atoms with Crippen molar-refractivity contribution in [3.63, 3.8) is 0 Å². The third-order valence-corrected chi connectivity index (χ3v) is 3.01. The molecule has 0 aliphatic carbocycles. The summed E-state index contributed by atoms with van der Waals surface area (Å²) in [5.74, 6) is 0.678. The summed E-state index contributed by atoms with van der Waals surface area (Å²) in [6.07, 6.45) is 2.09. The van der Waals surface area contributed by atoms with Gasteiger partial charge < -0.3 is 0 Å². The van der Waals surface area contributed by atoms with Gasteiger partial charge in [-0.3, -0.25) is 0 Å². The molecule has 0 bridgehead atoms. The average Bonchev–Trinajstić information content (AvgIpc) is 2.10. The SMILES string of the molecule is Cc1ccc(C)c(CC(Cl)CC(C)C)c1. The molecule has 0 aliphatic heterocycles. The molecule has 1 unspecified atom stereocenters. The van der Waals surface area contributed by atoms with Crippen LogP contribution in [0.3, 0.4) is 0 Å². The van der Waals surface area contributed by atoms with Gasteiger partial charge in [-0.25, -0.2) is 0 Å². The van der Waals surface area contributed by atoms with Gasteiger partial charge in [0.2, 0.25) is 0 Å². The fraction of sp³-hybridized carbons (Fsp3) is 0.571. The molecule has 0 saturated heterocycles. The number of alkyl halides is 1. The van der Waals surface area contributed by atoms with E-state index < -0.39 is 0 Å². The van der Waals surface area contributed by atoms with Crippen LogP contribution in [0.25, 0.3) is 0 Å². The van der Waals surface area contributed by atoms with Crippen LogP contribution in [0.4, 0.5) is 0 Å². The van der Waals surface area contributed by atoms with Gasteiger partial charge in [-0.2, -0.15) is 0 Å². The predicted molar refractivity (Wildman–Crippen MR) is 68.7 cm³/mol. The minimum absolute atomic E-state index is 0.269. The molecule has 1 aromatic carbocycles. The van der Waals surface area contributed by atoms with E-state index in [2.05, 4.69) is 45.9 Å². The van der Waals surface area contributed by atoms with E-state index in [0.717, 1.165) is 12.8 Å². The summed E-state index contributed by atoms with van der Waals surface area (Å²) in [5, 5.41) is 0.269. The zero-order valence-corrected chi connectivity index (χ0v) is 10.9. The summed E-state index contributed by atoms with van der Waals surface area (Å²) < 4.78 is 0. The first-order valence-electron chi connectivity index (χ1n) is 5.69. The second-order valence-corrected chi connectivity index (χ2v) is 5.48. The van der Waals surface area contributed by atoms with Crippen LogP contribution in [0.2, 0.25) is 0 Å². The van der Waals surface area contributed by atoms with E-state index in [4.69, 9.17) is 11.6 Å². The van der Waals surface area contributed by atoms with Crippen molar-refractivity contribution in [2.75, 3.05) is 0 Å². The van der Waals surface area contributed by atoms with Crippen LogP contribution in [0.1, 0.15) is 37.0 Å². The van der Waals surface area contributed by atoms with E-state index in [1.54, 1.807) is 0 Å². The molecule has 84 valence electrons. The highest BCUT2D eigenvalue weighted by atomic mass is 35.5. The van der Waals surface area contributed by atoms with Crippen molar-refractivity contribution in [2.24, 2.45) is 5.92 Å². The molecule has 0 amide bonds. The lowest BCUT2D eigenvalue weighted by molar-refractivity contribution is 0.561. The second kappa shape index (κ2) is 5.55. The molecule has 0 fully saturated rings. The van der Waals surface area contributed by atoms with Crippen molar-refractivity contribution in [3.05, 3.63) is 34.9 Å². The summed E-state index contributed by atoms with van der Waals surface area (Å²) in [6, 6.07) is 6.60. The summed E-state index contributed by atoms with van der Waals surface area (Å²) in [5.41, 5.74) is 4.08. The molecule has 0 aliphatic rings. The van der Waals surface area contributed by atoms with Gasteiger partial charge in [0.1, 0.15) is 0 Å². The number of aryl methyl sites for hydroxylation is 2. The highest BCUT2D eigenvalue weighted by Crippen LogP contribution is 2.19. The smallest absolute Gasteiger partial charge is 0.0378 e. The second-order valence-electron chi connectivity index (χ2n) is 4.86. The molecule has 0 spiro atoms. The van der Waals surface area contributed by atoms with Crippen molar-refractivity contribution in [2.45, 2.75) is 45.9 Å². The Bertz CT molecular complexity index is 315. The molecular weight excluding hydrogens is 204 g/mol. The molecular formula is C14H21Cl. The van der Waals surface area contributed by atoms with Crippen molar-refractivity contribution in [1.82, 2.24) is 0 Å². The van der Waals surface area contributed by atoms with Gasteiger partial charge in [0.25, 0.3) is 0 Å². The Kier molecular flexibility index (Phi) is 4.66. The van der Waals surface area contributed by atoms with Gasteiger partial charge in [0, 0.05) is 5.38 Å². The molecule has 0 N–H and O–H groups in total. The van der Waals surface area contributed by atoms with Crippen LogP contribution in [0, 0.1) is 19.8 Å². The van der Waals surface area contributed by atoms with Crippen LogP contribution in [-0.2, 0) is 6.42 Å². The van der Waals surface area contributed by atoms with Gasteiger partial charge in [-0.15, -0.1) is 11.6 Å². The maximum absolute atomic E-state index is 6.33. The fourth-order valence-electron chi connectivity index (χ4n) is 1.85. The number of hydrogen-bond donors (Lipinski definition) is 0. The van der Waals surface area contributed by atoms with Crippen LogP contribution in [0.15, 0.2) is 18.2 Å². The molecule has 1 aromatic rings. The Hall–Kier alpha value is -0.490. The lowest BCUT2D eigenvalue weighted by Crippen LogP contribution is -2.08. The summed E-state index contributed by atoms with van der Waals surface area (Å²) >= 11 is 6.33.